The fourth-order valence-corrected chi connectivity index (χ4v) is 3.22. The number of rotatable bonds is 5. The average molecular weight is 252 g/mol. The highest BCUT2D eigenvalue weighted by atomic mass is 32.1. The summed E-state index contributed by atoms with van der Waals surface area (Å²) >= 11 is 1.69. The topological polar surface area (TPSA) is 24.9 Å². The van der Waals surface area contributed by atoms with Crippen molar-refractivity contribution in [3.05, 3.63) is 16.6 Å². The second-order valence-corrected chi connectivity index (χ2v) is 5.86. The van der Waals surface area contributed by atoms with Crippen LogP contribution < -0.4 is 5.32 Å². The molecule has 0 radical (unpaired) electrons. The lowest BCUT2D eigenvalue weighted by Gasteiger charge is -2.19. The van der Waals surface area contributed by atoms with E-state index in [4.69, 9.17) is 0 Å². The molecule has 1 aliphatic rings. The Hall–Kier alpha value is -0.410. The Kier molecular flexibility index (Phi) is 6.00. The maximum Gasteiger partial charge on any atom is 0.0794 e. The second-order valence-electron chi connectivity index (χ2n) is 5.15. The Morgan fingerprint density at radius 3 is 2.65 bits per heavy atom. The van der Waals surface area contributed by atoms with Gasteiger partial charge in [0.05, 0.1) is 11.2 Å². The van der Waals surface area contributed by atoms with E-state index in [1.807, 2.05) is 5.51 Å². The van der Waals surface area contributed by atoms with Crippen molar-refractivity contribution in [1.29, 1.82) is 0 Å². The summed E-state index contributed by atoms with van der Waals surface area (Å²) in [6.07, 6.45) is 11.2. The van der Waals surface area contributed by atoms with Crippen LogP contribution >= 0.6 is 11.3 Å². The third-order valence-electron chi connectivity index (χ3n) is 3.70. The molecule has 1 aliphatic carbocycles. The first-order valence-electron chi connectivity index (χ1n) is 7.03. The van der Waals surface area contributed by atoms with Gasteiger partial charge in [-0.3, -0.25) is 0 Å². The van der Waals surface area contributed by atoms with E-state index < -0.39 is 0 Å². The quantitative estimate of drug-likeness (QED) is 0.809. The molecule has 1 aromatic rings. The van der Waals surface area contributed by atoms with Crippen LogP contribution in [-0.2, 0) is 6.42 Å². The van der Waals surface area contributed by atoms with Crippen molar-refractivity contribution in [1.82, 2.24) is 10.3 Å². The van der Waals surface area contributed by atoms with Crippen molar-refractivity contribution in [3.63, 3.8) is 0 Å². The van der Waals surface area contributed by atoms with Crippen molar-refractivity contribution in [3.8, 4) is 0 Å². The van der Waals surface area contributed by atoms with Gasteiger partial charge in [-0.2, -0.15) is 0 Å². The van der Waals surface area contributed by atoms with E-state index in [1.54, 1.807) is 11.3 Å². The van der Waals surface area contributed by atoms with Crippen LogP contribution in [0.15, 0.2) is 10.9 Å². The van der Waals surface area contributed by atoms with Crippen molar-refractivity contribution < 1.29 is 0 Å². The highest BCUT2D eigenvalue weighted by Gasteiger charge is 2.10. The van der Waals surface area contributed by atoms with Crippen LogP contribution in [0, 0.1) is 5.92 Å². The third kappa shape index (κ3) is 5.17. The van der Waals surface area contributed by atoms with Gasteiger partial charge in [-0.25, -0.2) is 4.98 Å². The lowest BCUT2D eigenvalue weighted by Crippen LogP contribution is -2.25. The van der Waals surface area contributed by atoms with Gasteiger partial charge in [-0.15, -0.1) is 11.3 Å². The lowest BCUT2D eigenvalue weighted by atomic mass is 9.91. The molecule has 1 heterocycles. The monoisotopic (exact) mass is 252 g/mol. The Balaban J connectivity index is 1.57. The van der Waals surface area contributed by atoms with Gasteiger partial charge in [0.1, 0.15) is 0 Å². The summed E-state index contributed by atoms with van der Waals surface area (Å²) in [6.45, 7) is 2.30. The molecule has 1 aromatic heterocycles. The highest BCUT2D eigenvalue weighted by Crippen LogP contribution is 2.21. The van der Waals surface area contributed by atoms with Crippen molar-refractivity contribution in [2.45, 2.75) is 51.4 Å². The van der Waals surface area contributed by atoms with E-state index in [1.165, 1.54) is 57.2 Å². The van der Waals surface area contributed by atoms with Gasteiger partial charge in [-0.05, 0) is 25.3 Å². The van der Waals surface area contributed by atoms with Crippen molar-refractivity contribution >= 4 is 11.3 Å². The van der Waals surface area contributed by atoms with E-state index in [9.17, 15) is 0 Å². The van der Waals surface area contributed by atoms with Gasteiger partial charge in [0.2, 0.25) is 0 Å². The zero-order chi connectivity index (χ0) is 11.8. The molecule has 2 rings (SSSR count). The van der Waals surface area contributed by atoms with Gasteiger partial charge >= 0.3 is 0 Å². The molecular weight excluding hydrogens is 228 g/mol. The van der Waals surface area contributed by atoms with Gasteiger partial charge in [-0.1, -0.05) is 32.1 Å². The maximum absolute atomic E-state index is 4.31. The van der Waals surface area contributed by atoms with Crippen LogP contribution in [0.3, 0.4) is 0 Å². The minimum atomic E-state index is 0.922. The normalized spacial score (nSPS) is 18.8. The smallest absolute Gasteiger partial charge is 0.0794 e. The lowest BCUT2D eigenvalue weighted by molar-refractivity contribution is 0.362. The van der Waals surface area contributed by atoms with E-state index in [-0.39, 0.29) is 0 Å². The van der Waals surface area contributed by atoms with Gasteiger partial charge in [0.25, 0.3) is 0 Å². The highest BCUT2D eigenvalue weighted by molar-refractivity contribution is 7.07. The zero-order valence-electron chi connectivity index (χ0n) is 10.7. The summed E-state index contributed by atoms with van der Waals surface area (Å²) in [6, 6.07) is 0. The molecule has 1 N–H and O–H groups in total. The number of hydrogen-bond donors (Lipinski definition) is 1. The van der Waals surface area contributed by atoms with E-state index in [0.717, 1.165) is 18.9 Å². The minimum Gasteiger partial charge on any atom is -0.316 e. The molecule has 1 saturated carbocycles. The molecule has 2 nitrogen and oxygen atoms in total. The number of nitrogens with one attached hydrogen (secondary N) is 1. The van der Waals surface area contributed by atoms with Crippen LogP contribution in [0.5, 0.6) is 0 Å². The minimum absolute atomic E-state index is 0.922. The molecule has 0 atom stereocenters. The van der Waals surface area contributed by atoms with Gasteiger partial charge < -0.3 is 5.32 Å². The number of aromatic nitrogens is 1. The molecule has 3 heteroatoms. The maximum atomic E-state index is 4.31. The Morgan fingerprint density at radius 2 is 1.94 bits per heavy atom. The molecule has 96 valence electrons. The Labute approximate surface area is 109 Å². The fourth-order valence-electron chi connectivity index (χ4n) is 2.63. The molecule has 0 aromatic carbocycles. The van der Waals surface area contributed by atoms with E-state index >= 15 is 0 Å². The van der Waals surface area contributed by atoms with Crippen molar-refractivity contribution in [2.75, 3.05) is 13.1 Å². The Bertz CT molecular complexity index is 276. The second kappa shape index (κ2) is 7.83. The van der Waals surface area contributed by atoms with Crippen LogP contribution in [0.4, 0.5) is 0 Å². The summed E-state index contributed by atoms with van der Waals surface area (Å²) in [4.78, 5) is 4.31. The number of thiazole rings is 1. The molecule has 0 spiro atoms. The SMILES string of the molecule is c1nc(CCNCC2CCCCCCC2)cs1. The van der Waals surface area contributed by atoms with Crippen LogP contribution in [0.25, 0.3) is 0 Å². The molecule has 0 bridgehead atoms. The first-order valence-corrected chi connectivity index (χ1v) is 7.97. The van der Waals surface area contributed by atoms with Crippen LogP contribution in [0.2, 0.25) is 0 Å². The average Bonchev–Trinajstić information content (AvgIpc) is 2.79. The fraction of sp³-hybridized carbons (Fsp3) is 0.786. The molecule has 0 aliphatic heterocycles. The summed E-state index contributed by atoms with van der Waals surface area (Å²) in [5.41, 5.74) is 3.16. The zero-order valence-corrected chi connectivity index (χ0v) is 11.5. The molecule has 1 fully saturated rings. The van der Waals surface area contributed by atoms with Gasteiger partial charge in [0, 0.05) is 18.3 Å². The largest absolute Gasteiger partial charge is 0.316 e. The standard InChI is InChI=1S/C14H24N2S/c1-2-4-6-13(7-5-3-1)10-15-9-8-14-11-17-12-16-14/h11-13,15H,1-10H2. The number of hydrogen-bond acceptors (Lipinski definition) is 3. The van der Waals surface area contributed by atoms with E-state index in [0.29, 0.717) is 0 Å². The number of nitrogens with zero attached hydrogens (tertiary/aromatic N) is 1. The summed E-state index contributed by atoms with van der Waals surface area (Å²) in [5.74, 6) is 0.922. The van der Waals surface area contributed by atoms with Crippen LogP contribution in [0.1, 0.15) is 50.6 Å². The molecule has 0 amide bonds. The molecule has 0 unspecified atom stereocenters. The third-order valence-corrected chi connectivity index (χ3v) is 4.33. The molecule has 17 heavy (non-hydrogen) atoms. The van der Waals surface area contributed by atoms with Crippen molar-refractivity contribution in [2.24, 2.45) is 5.92 Å². The van der Waals surface area contributed by atoms with E-state index in [2.05, 4.69) is 15.7 Å². The first-order chi connectivity index (χ1) is 8.45. The molecular formula is C14H24N2S. The predicted octanol–water partition coefficient (Wildman–Crippen LogP) is 3.64. The Morgan fingerprint density at radius 1 is 1.18 bits per heavy atom. The van der Waals surface area contributed by atoms with Gasteiger partial charge in [0.15, 0.2) is 0 Å². The van der Waals surface area contributed by atoms with Crippen LogP contribution in [-0.4, -0.2) is 18.1 Å². The summed E-state index contributed by atoms with van der Waals surface area (Å²) < 4.78 is 0. The summed E-state index contributed by atoms with van der Waals surface area (Å²) in [7, 11) is 0. The first kappa shape index (κ1) is 13.0. The predicted molar refractivity (Wildman–Crippen MR) is 74.5 cm³/mol. The molecule has 0 saturated heterocycles. The summed E-state index contributed by atoms with van der Waals surface area (Å²) in [5, 5.41) is 5.76.